The third-order valence-electron chi connectivity index (χ3n) is 5.09. The molecule has 0 aromatic heterocycles. The maximum absolute atomic E-state index is 12.4. The van der Waals surface area contributed by atoms with Crippen LogP contribution in [0.2, 0.25) is 0 Å². The number of likely N-dealkylation sites (tertiary alicyclic amines) is 1. The van der Waals surface area contributed by atoms with Crippen LogP contribution in [0.1, 0.15) is 18.4 Å². The van der Waals surface area contributed by atoms with Crippen molar-refractivity contribution in [3.63, 3.8) is 0 Å². The third kappa shape index (κ3) is 4.15. The van der Waals surface area contributed by atoms with Gasteiger partial charge in [-0.2, -0.15) is 0 Å². The Morgan fingerprint density at radius 3 is 2.61 bits per heavy atom. The van der Waals surface area contributed by atoms with E-state index in [1.165, 1.54) is 0 Å². The molecule has 2 aromatic rings. The molecule has 0 atom stereocenters. The van der Waals surface area contributed by atoms with Gasteiger partial charge in [-0.05, 0) is 18.2 Å². The molecule has 2 heterocycles. The predicted molar refractivity (Wildman–Crippen MR) is 112 cm³/mol. The zero-order valence-corrected chi connectivity index (χ0v) is 16.9. The molecule has 144 valence electrons. The van der Waals surface area contributed by atoms with Crippen LogP contribution in [0.25, 0.3) is 0 Å². The fourth-order valence-electron chi connectivity index (χ4n) is 3.64. The lowest BCUT2D eigenvalue weighted by atomic mass is 9.98. The van der Waals surface area contributed by atoms with Crippen LogP contribution in [0.3, 0.4) is 0 Å². The van der Waals surface area contributed by atoms with E-state index in [9.17, 15) is 9.59 Å². The van der Waals surface area contributed by atoms with E-state index in [-0.39, 0.29) is 11.8 Å². The molecular weight excluding hydrogens is 420 g/mol. The number of piperidine rings is 1. The first kappa shape index (κ1) is 18.8. The Morgan fingerprint density at radius 1 is 1.14 bits per heavy atom. The Bertz CT molecular complexity index is 921. The molecule has 1 spiro atoms. The second-order valence-corrected chi connectivity index (χ2v) is 8.06. The number of nitrogens with one attached hydrogen (secondary N) is 2. The van der Waals surface area contributed by atoms with Gasteiger partial charge in [0.1, 0.15) is 11.4 Å². The minimum absolute atomic E-state index is 0.0435. The highest BCUT2D eigenvalue weighted by Crippen LogP contribution is 2.28. The highest BCUT2D eigenvalue weighted by molar-refractivity contribution is 9.10. The number of rotatable bonds is 4. The maximum atomic E-state index is 12.4. The average molecular weight is 441 g/mol. The SMILES string of the molecule is O=C(CN1CCC2(CC1)N=C(c1ccccc1)C(=O)N2)Nc1cccc(Br)c1. The fraction of sp³-hybridized carbons (Fsp3) is 0.286. The van der Waals surface area contributed by atoms with Crippen LogP contribution >= 0.6 is 15.9 Å². The lowest BCUT2D eigenvalue weighted by Gasteiger charge is -2.36. The van der Waals surface area contributed by atoms with Crippen LogP contribution in [0.5, 0.6) is 0 Å². The van der Waals surface area contributed by atoms with Crippen molar-refractivity contribution in [1.82, 2.24) is 10.2 Å². The molecule has 2 aliphatic heterocycles. The average Bonchev–Trinajstić information content (AvgIpc) is 3.00. The highest BCUT2D eigenvalue weighted by Gasteiger charge is 2.42. The topological polar surface area (TPSA) is 73.8 Å². The number of aliphatic imine (C=N–C) groups is 1. The predicted octanol–water partition coefficient (Wildman–Crippen LogP) is 2.80. The van der Waals surface area contributed by atoms with Crippen molar-refractivity contribution in [2.24, 2.45) is 4.99 Å². The van der Waals surface area contributed by atoms with Crippen molar-refractivity contribution in [2.45, 2.75) is 18.5 Å². The van der Waals surface area contributed by atoms with Gasteiger partial charge in [0, 0.05) is 41.7 Å². The third-order valence-corrected chi connectivity index (χ3v) is 5.59. The number of amides is 2. The molecule has 2 N–H and O–H groups in total. The number of nitrogens with zero attached hydrogens (tertiary/aromatic N) is 2. The van der Waals surface area contributed by atoms with Crippen molar-refractivity contribution >= 4 is 39.1 Å². The van der Waals surface area contributed by atoms with Gasteiger partial charge in [0.15, 0.2) is 0 Å². The molecule has 2 amide bonds. The molecule has 0 bridgehead atoms. The quantitative estimate of drug-likeness (QED) is 0.767. The molecule has 0 unspecified atom stereocenters. The van der Waals surface area contributed by atoms with E-state index in [0.29, 0.717) is 38.2 Å². The molecule has 0 saturated carbocycles. The summed E-state index contributed by atoms with van der Waals surface area (Å²) in [5, 5.41) is 5.98. The fourth-order valence-corrected chi connectivity index (χ4v) is 4.04. The molecule has 28 heavy (non-hydrogen) atoms. The van der Waals surface area contributed by atoms with Crippen LogP contribution in [-0.4, -0.2) is 47.7 Å². The summed E-state index contributed by atoms with van der Waals surface area (Å²) >= 11 is 3.40. The molecule has 6 nitrogen and oxygen atoms in total. The molecule has 0 aliphatic carbocycles. The Labute approximate surface area is 172 Å². The Kier molecular flexibility index (Phi) is 5.28. The van der Waals surface area contributed by atoms with Crippen molar-refractivity contribution in [2.75, 3.05) is 25.0 Å². The number of carbonyl (C=O) groups is 2. The number of hydrogen-bond acceptors (Lipinski definition) is 4. The van der Waals surface area contributed by atoms with E-state index in [0.717, 1.165) is 15.7 Å². The minimum Gasteiger partial charge on any atom is -0.326 e. The lowest BCUT2D eigenvalue weighted by molar-refractivity contribution is -0.119. The Balaban J connectivity index is 1.35. The van der Waals surface area contributed by atoms with Crippen molar-refractivity contribution < 1.29 is 9.59 Å². The Morgan fingerprint density at radius 2 is 1.89 bits per heavy atom. The summed E-state index contributed by atoms with van der Waals surface area (Å²) in [6.07, 6.45) is 1.39. The largest absolute Gasteiger partial charge is 0.326 e. The first-order valence-electron chi connectivity index (χ1n) is 9.29. The molecule has 1 fully saturated rings. The molecule has 7 heteroatoms. The zero-order chi connectivity index (χ0) is 19.6. The van der Waals surface area contributed by atoms with Crippen molar-refractivity contribution in [3.05, 3.63) is 64.6 Å². The van der Waals surface area contributed by atoms with E-state index >= 15 is 0 Å². The maximum Gasteiger partial charge on any atom is 0.272 e. The standard InChI is InChI=1S/C21H21BrN4O2/c22-16-7-4-8-17(13-16)23-18(27)14-26-11-9-21(10-12-26)24-19(20(28)25-21)15-5-2-1-3-6-15/h1-8,13H,9-12,14H2,(H,23,27)(H,25,28). The summed E-state index contributed by atoms with van der Waals surface area (Å²) in [6, 6.07) is 17.1. The van der Waals surface area contributed by atoms with E-state index in [1.54, 1.807) is 0 Å². The molecule has 2 aliphatic rings. The van der Waals surface area contributed by atoms with Gasteiger partial charge in [-0.3, -0.25) is 19.5 Å². The van der Waals surface area contributed by atoms with Gasteiger partial charge >= 0.3 is 0 Å². The van der Waals surface area contributed by atoms with Gasteiger partial charge in [-0.15, -0.1) is 0 Å². The number of benzene rings is 2. The van der Waals surface area contributed by atoms with E-state index in [4.69, 9.17) is 4.99 Å². The second-order valence-electron chi connectivity index (χ2n) is 7.15. The molecule has 1 saturated heterocycles. The summed E-state index contributed by atoms with van der Waals surface area (Å²) in [7, 11) is 0. The van der Waals surface area contributed by atoms with Gasteiger partial charge in [0.2, 0.25) is 5.91 Å². The summed E-state index contributed by atoms with van der Waals surface area (Å²) in [4.78, 5) is 31.6. The normalized spacial score (nSPS) is 18.6. The van der Waals surface area contributed by atoms with Crippen molar-refractivity contribution in [1.29, 1.82) is 0 Å². The number of carbonyl (C=O) groups excluding carboxylic acids is 2. The van der Waals surface area contributed by atoms with Crippen LogP contribution in [0, 0.1) is 0 Å². The van der Waals surface area contributed by atoms with Gasteiger partial charge in [-0.1, -0.05) is 52.3 Å². The summed E-state index contributed by atoms with van der Waals surface area (Å²) in [5.41, 5.74) is 1.57. The van der Waals surface area contributed by atoms with E-state index in [2.05, 4.69) is 31.5 Å². The van der Waals surface area contributed by atoms with E-state index in [1.807, 2.05) is 54.6 Å². The monoisotopic (exact) mass is 440 g/mol. The molecule has 4 rings (SSSR count). The van der Waals surface area contributed by atoms with Gasteiger partial charge < -0.3 is 10.6 Å². The van der Waals surface area contributed by atoms with Crippen molar-refractivity contribution in [3.8, 4) is 0 Å². The lowest BCUT2D eigenvalue weighted by Crippen LogP contribution is -2.52. The Hall–Kier alpha value is -2.51. The smallest absolute Gasteiger partial charge is 0.272 e. The van der Waals surface area contributed by atoms with Gasteiger partial charge in [0.05, 0.1) is 6.54 Å². The number of anilines is 1. The first-order valence-corrected chi connectivity index (χ1v) is 10.1. The van der Waals surface area contributed by atoms with E-state index < -0.39 is 5.66 Å². The van der Waals surface area contributed by atoms with Crippen LogP contribution < -0.4 is 10.6 Å². The highest BCUT2D eigenvalue weighted by atomic mass is 79.9. The van der Waals surface area contributed by atoms with Gasteiger partial charge in [0.25, 0.3) is 5.91 Å². The van der Waals surface area contributed by atoms with Crippen LogP contribution in [0.4, 0.5) is 5.69 Å². The minimum atomic E-state index is -0.542. The number of halogens is 1. The summed E-state index contributed by atoms with van der Waals surface area (Å²) in [6.45, 7) is 1.74. The zero-order valence-electron chi connectivity index (χ0n) is 15.3. The van der Waals surface area contributed by atoms with Crippen LogP contribution in [-0.2, 0) is 9.59 Å². The molecular formula is C21H21BrN4O2. The molecule has 2 aromatic carbocycles. The summed E-state index contributed by atoms with van der Waals surface area (Å²) in [5.74, 6) is -0.162. The number of hydrogen-bond donors (Lipinski definition) is 2. The van der Waals surface area contributed by atoms with Crippen LogP contribution in [0.15, 0.2) is 64.1 Å². The second kappa shape index (κ2) is 7.85. The first-order chi connectivity index (χ1) is 13.5. The summed E-state index contributed by atoms with van der Waals surface area (Å²) < 4.78 is 0.925. The van der Waals surface area contributed by atoms with Gasteiger partial charge in [-0.25, -0.2) is 0 Å². The molecule has 0 radical (unpaired) electrons.